The fourth-order valence-corrected chi connectivity index (χ4v) is 2.78. The fourth-order valence-electron chi connectivity index (χ4n) is 2.78. The Morgan fingerprint density at radius 2 is 2.17 bits per heavy atom. The van der Waals surface area contributed by atoms with Crippen molar-refractivity contribution in [2.24, 2.45) is 5.92 Å². The molecule has 6 nitrogen and oxygen atoms in total. The van der Waals surface area contributed by atoms with Gasteiger partial charge in [-0.3, -0.25) is 4.79 Å². The molecule has 1 aliphatic rings. The normalized spacial score (nSPS) is 19.0. The number of hydrogen-bond donors (Lipinski definition) is 0. The molecular formula is C17H27N3O3. The second-order valence-corrected chi connectivity index (χ2v) is 7.12. The lowest BCUT2D eigenvalue weighted by molar-refractivity contribution is -0.137. The number of ether oxygens (including phenoxy) is 1. The van der Waals surface area contributed by atoms with Crippen molar-refractivity contribution in [3.05, 3.63) is 18.2 Å². The number of piperidine rings is 1. The third-order valence-electron chi connectivity index (χ3n) is 3.79. The van der Waals surface area contributed by atoms with Gasteiger partial charge in [-0.05, 0) is 40.0 Å². The summed E-state index contributed by atoms with van der Waals surface area (Å²) < 4.78 is 7.36. The zero-order valence-corrected chi connectivity index (χ0v) is 14.5. The van der Waals surface area contributed by atoms with Crippen molar-refractivity contribution in [3.63, 3.8) is 0 Å². The summed E-state index contributed by atoms with van der Waals surface area (Å²) in [6.45, 7) is 8.89. The number of carbonyl (C=O) groups excluding carboxylic acids is 2. The number of imide groups is 1. The zero-order chi connectivity index (χ0) is 17.0. The number of aromatic nitrogens is 2. The number of amides is 2. The molecule has 1 saturated heterocycles. The molecule has 0 spiro atoms. The second kappa shape index (κ2) is 7.15. The first-order chi connectivity index (χ1) is 10.8. The predicted octanol–water partition coefficient (Wildman–Crippen LogP) is 3.01. The molecule has 6 heteroatoms. The lowest BCUT2D eigenvalue weighted by atomic mass is 9.93. The molecule has 128 valence electrons. The Morgan fingerprint density at radius 1 is 1.43 bits per heavy atom. The quantitative estimate of drug-likeness (QED) is 0.855. The van der Waals surface area contributed by atoms with Crippen LogP contribution >= 0.6 is 0 Å². The highest BCUT2D eigenvalue weighted by atomic mass is 16.6. The number of aryl methyl sites for hydroxylation is 1. The molecule has 1 aliphatic heterocycles. The molecule has 1 atom stereocenters. The smallest absolute Gasteiger partial charge is 0.417 e. The summed E-state index contributed by atoms with van der Waals surface area (Å²) in [5, 5.41) is 0. The van der Waals surface area contributed by atoms with E-state index in [4.69, 9.17) is 4.74 Å². The molecule has 2 heterocycles. The molecule has 2 amide bonds. The largest absolute Gasteiger partial charge is 0.443 e. The van der Waals surface area contributed by atoms with Crippen molar-refractivity contribution in [1.29, 1.82) is 0 Å². The van der Waals surface area contributed by atoms with Gasteiger partial charge in [0.1, 0.15) is 5.60 Å². The van der Waals surface area contributed by atoms with E-state index in [-0.39, 0.29) is 11.8 Å². The molecular weight excluding hydrogens is 294 g/mol. The number of likely N-dealkylation sites (tertiary alicyclic amines) is 1. The summed E-state index contributed by atoms with van der Waals surface area (Å²) in [7, 11) is 0. The molecule has 0 unspecified atom stereocenters. The highest BCUT2D eigenvalue weighted by Gasteiger charge is 2.35. The molecule has 0 aliphatic carbocycles. The maximum absolute atomic E-state index is 12.6. The predicted molar refractivity (Wildman–Crippen MR) is 86.9 cm³/mol. The van der Waals surface area contributed by atoms with Gasteiger partial charge in [-0.25, -0.2) is 14.7 Å². The van der Waals surface area contributed by atoms with Gasteiger partial charge < -0.3 is 9.30 Å². The van der Waals surface area contributed by atoms with Crippen LogP contribution in [0.5, 0.6) is 0 Å². The minimum atomic E-state index is -0.594. The van der Waals surface area contributed by atoms with E-state index in [1.807, 2.05) is 10.8 Å². The molecule has 23 heavy (non-hydrogen) atoms. The average molecular weight is 321 g/mol. The van der Waals surface area contributed by atoms with Crippen molar-refractivity contribution in [1.82, 2.24) is 14.5 Å². The summed E-state index contributed by atoms with van der Waals surface area (Å²) in [5.74, 6) is -0.336. The topological polar surface area (TPSA) is 64.4 Å². The molecule has 0 radical (unpaired) electrons. The van der Waals surface area contributed by atoms with E-state index in [2.05, 4.69) is 11.9 Å². The molecule has 0 bridgehead atoms. The second-order valence-electron chi connectivity index (χ2n) is 7.12. The summed E-state index contributed by atoms with van der Waals surface area (Å²) in [5.41, 5.74) is 0.311. The maximum Gasteiger partial charge on any atom is 0.417 e. The van der Waals surface area contributed by atoms with Crippen molar-refractivity contribution in [2.75, 3.05) is 6.54 Å². The third kappa shape index (κ3) is 4.81. The fraction of sp³-hybridized carbons (Fsp3) is 0.706. The van der Waals surface area contributed by atoms with Crippen LogP contribution in [0.2, 0.25) is 0 Å². The van der Waals surface area contributed by atoms with Crippen molar-refractivity contribution in [3.8, 4) is 0 Å². The first-order valence-corrected chi connectivity index (χ1v) is 8.35. The van der Waals surface area contributed by atoms with Crippen LogP contribution in [0.4, 0.5) is 4.79 Å². The lowest BCUT2D eigenvalue weighted by Gasteiger charge is -2.32. The number of hydrogen-bond acceptors (Lipinski definition) is 4. The van der Waals surface area contributed by atoms with Crippen LogP contribution in [0.15, 0.2) is 12.5 Å². The number of rotatable bonds is 4. The van der Waals surface area contributed by atoms with E-state index in [9.17, 15) is 9.59 Å². The van der Waals surface area contributed by atoms with Crippen LogP contribution in [0, 0.1) is 5.92 Å². The first-order valence-electron chi connectivity index (χ1n) is 8.35. The van der Waals surface area contributed by atoms with Crippen molar-refractivity contribution < 1.29 is 14.3 Å². The standard InChI is InChI=1S/C17H27N3O3/c1-5-8-19-11-14(18-12-19)10-13-7-6-9-20(15(13)21)16(22)23-17(2,3)4/h11-13H,5-10H2,1-4H3/t13-/m0/s1. The molecule has 1 aromatic heterocycles. The van der Waals surface area contributed by atoms with Crippen LogP contribution in [-0.4, -0.2) is 38.6 Å². The molecule has 0 N–H and O–H groups in total. The van der Waals surface area contributed by atoms with Gasteiger partial charge in [0.2, 0.25) is 5.91 Å². The zero-order valence-electron chi connectivity index (χ0n) is 14.5. The molecule has 1 fully saturated rings. The number of nitrogens with zero attached hydrogens (tertiary/aromatic N) is 3. The SMILES string of the molecule is CCCn1cnc(C[C@@H]2CCCN(C(=O)OC(C)(C)C)C2=O)c1. The van der Waals surface area contributed by atoms with Crippen LogP contribution in [0.3, 0.4) is 0 Å². The van der Waals surface area contributed by atoms with E-state index in [1.165, 1.54) is 4.90 Å². The van der Waals surface area contributed by atoms with Gasteiger partial charge in [0.25, 0.3) is 0 Å². The van der Waals surface area contributed by atoms with Crippen LogP contribution in [0.1, 0.15) is 52.7 Å². The van der Waals surface area contributed by atoms with Crippen molar-refractivity contribution >= 4 is 12.0 Å². The van der Waals surface area contributed by atoms with Gasteiger partial charge in [-0.15, -0.1) is 0 Å². The van der Waals surface area contributed by atoms with Crippen LogP contribution in [-0.2, 0) is 22.5 Å². The van der Waals surface area contributed by atoms with Crippen molar-refractivity contribution in [2.45, 2.75) is 65.5 Å². The van der Waals surface area contributed by atoms with E-state index in [0.29, 0.717) is 13.0 Å². The first kappa shape index (κ1) is 17.5. The average Bonchev–Trinajstić information content (AvgIpc) is 2.87. The van der Waals surface area contributed by atoms with Gasteiger partial charge in [0, 0.05) is 31.6 Å². The Morgan fingerprint density at radius 3 is 2.83 bits per heavy atom. The van der Waals surface area contributed by atoms with Gasteiger partial charge in [0.15, 0.2) is 0 Å². The van der Waals surface area contributed by atoms with E-state index < -0.39 is 11.7 Å². The van der Waals surface area contributed by atoms with Gasteiger partial charge in [-0.2, -0.15) is 0 Å². The maximum atomic E-state index is 12.6. The van der Waals surface area contributed by atoms with E-state index in [0.717, 1.165) is 31.5 Å². The lowest BCUT2D eigenvalue weighted by Crippen LogP contribution is -2.47. The van der Waals surface area contributed by atoms with Gasteiger partial charge >= 0.3 is 6.09 Å². The monoisotopic (exact) mass is 321 g/mol. The summed E-state index contributed by atoms with van der Waals surface area (Å²) >= 11 is 0. The Labute approximate surface area is 137 Å². The Balaban J connectivity index is 2.00. The molecule has 0 aromatic carbocycles. The van der Waals surface area contributed by atoms with Crippen LogP contribution < -0.4 is 0 Å². The summed E-state index contributed by atoms with van der Waals surface area (Å²) in [4.78, 5) is 30.4. The van der Waals surface area contributed by atoms with Gasteiger partial charge in [0.05, 0.1) is 12.0 Å². The number of carbonyl (C=O) groups is 2. The van der Waals surface area contributed by atoms with E-state index in [1.54, 1.807) is 27.1 Å². The Bertz CT molecular complexity index is 560. The number of imidazole rings is 1. The van der Waals surface area contributed by atoms with Gasteiger partial charge in [-0.1, -0.05) is 6.92 Å². The summed E-state index contributed by atoms with van der Waals surface area (Å²) in [6, 6.07) is 0. The Kier molecular flexibility index (Phi) is 5.44. The highest BCUT2D eigenvalue weighted by Crippen LogP contribution is 2.23. The molecule has 1 aromatic rings. The summed E-state index contributed by atoms with van der Waals surface area (Å²) in [6.07, 6.45) is 6.48. The Hall–Kier alpha value is -1.85. The van der Waals surface area contributed by atoms with E-state index >= 15 is 0 Å². The minimum Gasteiger partial charge on any atom is -0.443 e. The molecule has 0 saturated carbocycles. The molecule has 2 rings (SSSR count). The van der Waals surface area contributed by atoms with Crippen LogP contribution in [0.25, 0.3) is 0 Å². The minimum absolute atomic E-state index is 0.143. The highest BCUT2D eigenvalue weighted by molar-refractivity contribution is 5.94. The third-order valence-corrected chi connectivity index (χ3v) is 3.79.